The van der Waals surface area contributed by atoms with Gasteiger partial charge in [-0.2, -0.15) is 0 Å². The van der Waals surface area contributed by atoms with Crippen LogP contribution in [0.4, 0.5) is 11.6 Å². The summed E-state index contributed by atoms with van der Waals surface area (Å²) in [7, 11) is 1.62. The Bertz CT molecular complexity index is 438. The van der Waals surface area contributed by atoms with E-state index in [9.17, 15) is 5.11 Å². The maximum absolute atomic E-state index is 9.40. The first-order chi connectivity index (χ1) is 10.0. The van der Waals surface area contributed by atoms with Crippen LogP contribution in [0, 0.1) is 6.92 Å². The summed E-state index contributed by atoms with van der Waals surface area (Å²) >= 11 is 0. The standard InChI is InChI=1S/C15H28N4O2/c1-6-7-16-14-11(4)15(17-12(8-20)9-21-5)19-13(18-14)10(2)3/h10,12,20H,6-9H2,1-5H3,(H2,16,17,18,19). The Labute approximate surface area is 127 Å². The SMILES string of the molecule is CCCNc1nc(C(C)C)nc(NC(CO)COC)c1C. The van der Waals surface area contributed by atoms with Gasteiger partial charge in [-0.1, -0.05) is 20.8 Å². The van der Waals surface area contributed by atoms with Gasteiger partial charge < -0.3 is 20.5 Å². The average Bonchev–Trinajstić information content (AvgIpc) is 2.47. The molecule has 0 radical (unpaired) electrons. The van der Waals surface area contributed by atoms with Crippen LogP contribution in [0.15, 0.2) is 0 Å². The first kappa shape index (κ1) is 17.7. The number of aliphatic hydroxyl groups excluding tert-OH is 1. The number of hydrogen-bond donors (Lipinski definition) is 3. The fraction of sp³-hybridized carbons (Fsp3) is 0.733. The van der Waals surface area contributed by atoms with Gasteiger partial charge >= 0.3 is 0 Å². The van der Waals surface area contributed by atoms with Crippen LogP contribution in [-0.2, 0) is 4.74 Å². The van der Waals surface area contributed by atoms with Gasteiger partial charge in [-0.15, -0.1) is 0 Å². The number of nitrogens with zero attached hydrogens (tertiary/aromatic N) is 2. The highest BCUT2D eigenvalue weighted by molar-refractivity contribution is 5.57. The number of anilines is 2. The molecular weight excluding hydrogens is 268 g/mol. The summed E-state index contributed by atoms with van der Waals surface area (Å²) in [6, 6.07) is -0.178. The highest BCUT2D eigenvalue weighted by atomic mass is 16.5. The van der Waals surface area contributed by atoms with Crippen LogP contribution in [0.2, 0.25) is 0 Å². The van der Waals surface area contributed by atoms with Crippen molar-refractivity contribution in [2.24, 2.45) is 0 Å². The van der Waals surface area contributed by atoms with E-state index in [4.69, 9.17) is 4.74 Å². The molecule has 0 fully saturated rings. The summed E-state index contributed by atoms with van der Waals surface area (Å²) in [6.45, 7) is 9.52. The quantitative estimate of drug-likeness (QED) is 0.648. The molecule has 6 heteroatoms. The lowest BCUT2D eigenvalue weighted by atomic mass is 10.2. The van der Waals surface area contributed by atoms with Gasteiger partial charge in [0, 0.05) is 25.1 Å². The van der Waals surface area contributed by atoms with E-state index in [-0.39, 0.29) is 18.6 Å². The number of rotatable bonds is 9. The molecule has 0 saturated carbocycles. The molecule has 21 heavy (non-hydrogen) atoms. The molecule has 0 amide bonds. The minimum atomic E-state index is -0.178. The lowest BCUT2D eigenvalue weighted by Crippen LogP contribution is -2.30. The summed E-state index contributed by atoms with van der Waals surface area (Å²) < 4.78 is 5.10. The van der Waals surface area contributed by atoms with Crippen molar-refractivity contribution in [3.05, 3.63) is 11.4 Å². The fourth-order valence-corrected chi connectivity index (χ4v) is 1.88. The Balaban J connectivity index is 3.07. The molecule has 0 aliphatic carbocycles. The number of nitrogens with one attached hydrogen (secondary N) is 2. The third kappa shape index (κ3) is 5.13. The summed E-state index contributed by atoms with van der Waals surface area (Å²) in [6.07, 6.45) is 1.03. The van der Waals surface area contributed by atoms with Crippen molar-refractivity contribution in [3.63, 3.8) is 0 Å². The Hall–Kier alpha value is -1.40. The molecular formula is C15H28N4O2. The molecule has 3 N–H and O–H groups in total. The molecule has 1 aromatic rings. The number of aliphatic hydroxyl groups is 1. The molecule has 120 valence electrons. The Morgan fingerprint density at radius 1 is 1.24 bits per heavy atom. The van der Waals surface area contributed by atoms with E-state index in [0.29, 0.717) is 6.61 Å². The highest BCUT2D eigenvalue weighted by Gasteiger charge is 2.16. The molecule has 0 aromatic carbocycles. The van der Waals surface area contributed by atoms with Crippen LogP contribution in [0.1, 0.15) is 44.5 Å². The number of ether oxygens (including phenoxy) is 1. The lowest BCUT2D eigenvalue weighted by molar-refractivity contribution is 0.153. The number of methoxy groups -OCH3 is 1. The maximum Gasteiger partial charge on any atom is 0.135 e. The zero-order valence-electron chi connectivity index (χ0n) is 13.7. The molecule has 0 spiro atoms. The molecule has 0 aliphatic heterocycles. The molecule has 0 bridgehead atoms. The monoisotopic (exact) mass is 296 g/mol. The molecule has 1 heterocycles. The van der Waals surface area contributed by atoms with Crippen molar-refractivity contribution in [2.75, 3.05) is 37.5 Å². The topological polar surface area (TPSA) is 79.3 Å². The normalized spacial score (nSPS) is 12.5. The van der Waals surface area contributed by atoms with Crippen LogP contribution in [0.3, 0.4) is 0 Å². The van der Waals surface area contributed by atoms with E-state index < -0.39 is 0 Å². The van der Waals surface area contributed by atoms with Crippen molar-refractivity contribution in [1.29, 1.82) is 0 Å². The third-order valence-corrected chi connectivity index (χ3v) is 3.15. The molecule has 1 rings (SSSR count). The predicted octanol–water partition coefficient (Wildman–Crippen LogP) is 2.15. The molecule has 6 nitrogen and oxygen atoms in total. The van der Waals surface area contributed by atoms with Gasteiger partial charge in [0.15, 0.2) is 0 Å². The van der Waals surface area contributed by atoms with Gasteiger partial charge in [0.05, 0.1) is 19.3 Å². The van der Waals surface area contributed by atoms with Crippen molar-refractivity contribution in [1.82, 2.24) is 9.97 Å². The highest BCUT2D eigenvalue weighted by Crippen LogP contribution is 2.23. The van der Waals surface area contributed by atoms with Crippen LogP contribution in [-0.4, -0.2) is 48.0 Å². The maximum atomic E-state index is 9.40. The van der Waals surface area contributed by atoms with Crippen molar-refractivity contribution >= 4 is 11.6 Å². The minimum absolute atomic E-state index is 0.00792. The van der Waals surface area contributed by atoms with Crippen molar-refractivity contribution < 1.29 is 9.84 Å². The third-order valence-electron chi connectivity index (χ3n) is 3.15. The van der Waals surface area contributed by atoms with E-state index in [0.717, 1.165) is 36.0 Å². The Morgan fingerprint density at radius 3 is 2.43 bits per heavy atom. The second-order valence-electron chi connectivity index (χ2n) is 5.46. The fourth-order valence-electron chi connectivity index (χ4n) is 1.88. The molecule has 1 aromatic heterocycles. The van der Waals surface area contributed by atoms with Crippen molar-refractivity contribution in [3.8, 4) is 0 Å². The van der Waals surface area contributed by atoms with E-state index in [1.807, 2.05) is 6.92 Å². The number of aromatic nitrogens is 2. The van der Waals surface area contributed by atoms with Crippen molar-refractivity contribution in [2.45, 2.75) is 46.1 Å². The minimum Gasteiger partial charge on any atom is -0.394 e. The van der Waals surface area contributed by atoms with Gasteiger partial charge in [0.2, 0.25) is 0 Å². The Morgan fingerprint density at radius 2 is 1.90 bits per heavy atom. The van der Waals surface area contributed by atoms with E-state index in [1.165, 1.54) is 0 Å². The zero-order chi connectivity index (χ0) is 15.8. The lowest BCUT2D eigenvalue weighted by Gasteiger charge is -2.20. The molecule has 0 aliphatic rings. The van der Waals surface area contributed by atoms with Gasteiger partial charge in [0.1, 0.15) is 17.5 Å². The van der Waals surface area contributed by atoms with E-state index >= 15 is 0 Å². The predicted molar refractivity (Wildman–Crippen MR) is 86.0 cm³/mol. The van der Waals surface area contributed by atoms with Gasteiger partial charge in [-0.3, -0.25) is 0 Å². The summed E-state index contributed by atoms with van der Waals surface area (Å²) in [5.74, 6) is 2.63. The van der Waals surface area contributed by atoms with Crippen LogP contribution in [0.25, 0.3) is 0 Å². The van der Waals surface area contributed by atoms with Gasteiger partial charge in [-0.25, -0.2) is 9.97 Å². The average molecular weight is 296 g/mol. The number of hydrogen-bond acceptors (Lipinski definition) is 6. The summed E-state index contributed by atoms with van der Waals surface area (Å²) in [4.78, 5) is 9.17. The van der Waals surface area contributed by atoms with Crippen LogP contribution < -0.4 is 10.6 Å². The van der Waals surface area contributed by atoms with Gasteiger partial charge in [-0.05, 0) is 13.3 Å². The van der Waals surface area contributed by atoms with Crippen LogP contribution >= 0.6 is 0 Å². The summed E-state index contributed by atoms with van der Waals surface area (Å²) in [5.41, 5.74) is 0.961. The molecule has 0 saturated heterocycles. The second-order valence-corrected chi connectivity index (χ2v) is 5.46. The smallest absolute Gasteiger partial charge is 0.135 e. The largest absolute Gasteiger partial charge is 0.394 e. The second kappa shape index (κ2) is 8.79. The van der Waals surface area contributed by atoms with E-state index in [2.05, 4.69) is 41.4 Å². The van der Waals surface area contributed by atoms with Crippen LogP contribution in [0.5, 0.6) is 0 Å². The first-order valence-electron chi connectivity index (χ1n) is 7.52. The van der Waals surface area contributed by atoms with Gasteiger partial charge in [0.25, 0.3) is 0 Å². The Kier molecular flexibility index (Phi) is 7.39. The van der Waals surface area contributed by atoms with E-state index in [1.54, 1.807) is 7.11 Å². The molecule has 1 atom stereocenters. The summed E-state index contributed by atoms with van der Waals surface area (Å²) in [5, 5.41) is 16.0. The first-order valence-corrected chi connectivity index (χ1v) is 7.52. The zero-order valence-corrected chi connectivity index (χ0v) is 13.7. The molecule has 1 unspecified atom stereocenters.